The van der Waals surface area contributed by atoms with Gasteiger partial charge in [0, 0.05) is 19.5 Å². The predicted octanol–water partition coefficient (Wildman–Crippen LogP) is 4.26. The zero-order valence-electron chi connectivity index (χ0n) is 24.4. The fourth-order valence-electron chi connectivity index (χ4n) is 4.28. The number of nitrogens with one attached hydrogen (secondary N) is 2. The van der Waals surface area contributed by atoms with Gasteiger partial charge in [0.15, 0.2) is 0 Å². The van der Waals surface area contributed by atoms with Gasteiger partial charge in [-0.05, 0) is 62.4 Å². The number of carbonyl (C=O) groups is 3. The van der Waals surface area contributed by atoms with E-state index in [2.05, 4.69) is 17.6 Å². The lowest BCUT2D eigenvalue weighted by Gasteiger charge is -2.34. The summed E-state index contributed by atoms with van der Waals surface area (Å²) in [4.78, 5) is 41.8. The van der Waals surface area contributed by atoms with Gasteiger partial charge in [0.25, 0.3) is 0 Å². The molecule has 0 radical (unpaired) electrons. The van der Waals surface area contributed by atoms with Gasteiger partial charge in [-0.2, -0.15) is 0 Å². The number of alkyl carbamates (subject to hydrolysis) is 1. The highest BCUT2D eigenvalue weighted by molar-refractivity contribution is 5.92. The quantitative estimate of drug-likeness (QED) is 0.258. The van der Waals surface area contributed by atoms with Crippen molar-refractivity contribution in [2.75, 3.05) is 19.7 Å². The van der Waals surface area contributed by atoms with Crippen LogP contribution >= 0.6 is 0 Å². The largest absolute Gasteiger partial charge is 0.508 e. The highest BCUT2D eigenvalue weighted by Gasteiger charge is 2.36. The van der Waals surface area contributed by atoms with Crippen LogP contribution in [0.15, 0.2) is 48.5 Å². The number of aliphatic hydroxyl groups excluding tert-OH is 1. The molecular weight excluding hydrogens is 510 g/mol. The Kier molecular flexibility index (Phi) is 12.9. The number of aryl methyl sites for hydroxylation is 1. The van der Waals surface area contributed by atoms with Gasteiger partial charge in [-0.25, -0.2) is 4.79 Å². The molecule has 0 aliphatic heterocycles. The van der Waals surface area contributed by atoms with E-state index in [4.69, 9.17) is 4.74 Å². The summed E-state index contributed by atoms with van der Waals surface area (Å²) >= 11 is 0. The third kappa shape index (κ3) is 10.5. The van der Waals surface area contributed by atoms with Gasteiger partial charge in [-0.1, -0.05) is 63.1 Å². The number of aliphatic hydroxyl groups is 1. The van der Waals surface area contributed by atoms with Gasteiger partial charge in [0.1, 0.15) is 23.4 Å². The summed E-state index contributed by atoms with van der Waals surface area (Å²) in [6, 6.07) is 11.7. The number of phenols is 1. The zero-order chi connectivity index (χ0) is 29.7. The van der Waals surface area contributed by atoms with E-state index in [1.54, 1.807) is 32.9 Å². The van der Waals surface area contributed by atoms with Crippen LogP contribution in [0, 0.1) is 0 Å². The molecule has 0 spiro atoms. The molecule has 2 atom stereocenters. The van der Waals surface area contributed by atoms with Crippen molar-refractivity contribution in [1.29, 1.82) is 0 Å². The predicted molar refractivity (Wildman–Crippen MR) is 155 cm³/mol. The van der Waals surface area contributed by atoms with Crippen LogP contribution in [0.4, 0.5) is 4.79 Å². The Labute approximate surface area is 237 Å². The molecule has 0 saturated carbocycles. The van der Waals surface area contributed by atoms with Gasteiger partial charge >= 0.3 is 6.09 Å². The number of nitrogens with zero attached hydrogens (tertiary/aromatic N) is 1. The highest BCUT2D eigenvalue weighted by Crippen LogP contribution is 2.24. The molecule has 2 aromatic rings. The minimum atomic E-state index is -1.10. The van der Waals surface area contributed by atoms with Gasteiger partial charge in [-0.15, -0.1) is 0 Å². The van der Waals surface area contributed by atoms with Crippen molar-refractivity contribution in [2.24, 2.45) is 0 Å². The zero-order valence-corrected chi connectivity index (χ0v) is 24.4. The number of rotatable bonds is 14. The molecule has 0 fully saturated rings. The SMILES string of the molecule is CCCCCNC(=O)C(c1ccc(CC)cc1)N(CCO)C(=O)C(Cc1ccc(O)cc1)NC(=O)OC(C)(C)C. The lowest BCUT2D eigenvalue weighted by atomic mass is 9.99. The molecule has 2 rings (SSSR count). The number of carbonyl (C=O) groups excluding carboxylic acids is 3. The average Bonchev–Trinajstić information content (AvgIpc) is 2.90. The fraction of sp³-hybridized carbons (Fsp3) is 0.516. The minimum absolute atomic E-state index is 0.0731. The number of hydrogen-bond donors (Lipinski definition) is 4. The molecule has 0 saturated heterocycles. The summed E-state index contributed by atoms with van der Waals surface area (Å²) < 4.78 is 5.42. The molecule has 0 heterocycles. The Hall–Kier alpha value is -3.59. The number of hydrogen-bond acceptors (Lipinski definition) is 6. The van der Waals surface area contributed by atoms with Gasteiger partial charge < -0.3 is 30.5 Å². The summed E-state index contributed by atoms with van der Waals surface area (Å²) in [7, 11) is 0. The van der Waals surface area contributed by atoms with E-state index in [1.165, 1.54) is 17.0 Å². The molecule has 0 aliphatic rings. The van der Waals surface area contributed by atoms with Crippen molar-refractivity contribution in [3.63, 3.8) is 0 Å². The van der Waals surface area contributed by atoms with E-state index >= 15 is 0 Å². The Morgan fingerprint density at radius 1 is 0.950 bits per heavy atom. The van der Waals surface area contributed by atoms with Crippen LogP contribution in [0.5, 0.6) is 5.75 Å². The molecule has 4 N–H and O–H groups in total. The van der Waals surface area contributed by atoms with E-state index in [9.17, 15) is 24.6 Å². The first-order chi connectivity index (χ1) is 19.0. The molecule has 9 heteroatoms. The Balaban J connectivity index is 2.48. The summed E-state index contributed by atoms with van der Waals surface area (Å²) in [5.74, 6) is -0.826. The van der Waals surface area contributed by atoms with Crippen molar-refractivity contribution < 1.29 is 29.3 Å². The Morgan fingerprint density at radius 2 is 1.57 bits per heavy atom. The van der Waals surface area contributed by atoms with Crippen LogP contribution in [0.3, 0.4) is 0 Å². The van der Waals surface area contributed by atoms with Crippen molar-refractivity contribution >= 4 is 17.9 Å². The Bertz CT molecular complexity index is 1080. The topological polar surface area (TPSA) is 128 Å². The van der Waals surface area contributed by atoms with Gasteiger partial charge in [-0.3, -0.25) is 9.59 Å². The molecule has 9 nitrogen and oxygen atoms in total. The number of phenolic OH excluding ortho intramolecular Hbond substituents is 1. The van der Waals surface area contributed by atoms with E-state index in [-0.39, 0.29) is 31.2 Å². The number of amides is 3. The lowest BCUT2D eigenvalue weighted by molar-refractivity contribution is -0.143. The normalized spacial score (nSPS) is 12.8. The molecule has 0 aromatic heterocycles. The maximum Gasteiger partial charge on any atom is 0.408 e. The molecule has 40 heavy (non-hydrogen) atoms. The first-order valence-corrected chi connectivity index (χ1v) is 14.0. The van der Waals surface area contributed by atoms with Crippen molar-refractivity contribution in [3.8, 4) is 5.75 Å². The third-order valence-corrected chi connectivity index (χ3v) is 6.33. The highest BCUT2D eigenvalue weighted by atomic mass is 16.6. The van der Waals surface area contributed by atoms with Gasteiger partial charge in [0.2, 0.25) is 11.8 Å². The number of aromatic hydroxyl groups is 1. The molecule has 0 bridgehead atoms. The second-order valence-electron chi connectivity index (χ2n) is 10.8. The van der Waals surface area contributed by atoms with Crippen molar-refractivity contribution in [2.45, 2.75) is 84.4 Å². The van der Waals surface area contributed by atoms with E-state index < -0.39 is 29.7 Å². The number of unbranched alkanes of at least 4 members (excludes halogenated alkanes) is 2. The summed E-state index contributed by atoms with van der Waals surface area (Å²) in [6.07, 6.45) is 2.90. The maximum absolute atomic E-state index is 14.1. The van der Waals surface area contributed by atoms with Crippen LogP contribution in [-0.2, 0) is 27.2 Å². The molecule has 2 unspecified atom stereocenters. The summed E-state index contributed by atoms with van der Waals surface area (Å²) in [6.45, 7) is 9.24. The monoisotopic (exact) mass is 555 g/mol. The molecular formula is C31H45N3O6. The molecule has 2 aromatic carbocycles. The Morgan fingerprint density at radius 3 is 2.12 bits per heavy atom. The second-order valence-corrected chi connectivity index (χ2v) is 10.8. The van der Waals surface area contributed by atoms with E-state index in [1.807, 2.05) is 31.2 Å². The van der Waals surface area contributed by atoms with Gasteiger partial charge in [0.05, 0.1) is 6.61 Å². The average molecular weight is 556 g/mol. The van der Waals surface area contributed by atoms with Crippen LogP contribution in [0.2, 0.25) is 0 Å². The summed E-state index contributed by atoms with van der Waals surface area (Å²) in [5, 5.41) is 25.3. The van der Waals surface area contributed by atoms with E-state index in [0.717, 1.165) is 31.2 Å². The molecule has 3 amide bonds. The first-order valence-electron chi connectivity index (χ1n) is 14.0. The summed E-state index contributed by atoms with van der Waals surface area (Å²) in [5.41, 5.74) is 1.59. The molecule has 220 valence electrons. The van der Waals surface area contributed by atoms with Crippen LogP contribution in [-0.4, -0.2) is 64.4 Å². The fourth-order valence-corrected chi connectivity index (χ4v) is 4.28. The lowest BCUT2D eigenvalue weighted by Crippen LogP contribution is -2.54. The third-order valence-electron chi connectivity index (χ3n) is 6.33. The van der Waals surface area contributed by atoms with Crippen molar-refractivity contribution in [3.05, 3.63) is 65.2 Å². The van der Waals surface area contributed by atoms with Crippen LogP contribution in [0.25, 0.3) is 0 Å². The number of benzene rings is 2. The van der Waals surface area contributed by atoms with Crippen molar-refractivity contribution in [1.82, 2.24) is 15.5 Å². The van der Waals surface area contributed by atoms with E-state index in [0.29, 0.717) is 17.7 Å². The van der Waals surface area contributed by atoms with Crippen LogP contribution in [0.1, 0.15) is 76.6 Å². The smallest absolute Gasteiger partial charge is 0.408 e. The van der Waals surface area contributed by atoms with Crippen LogP contribution < -0.4 is 10.6 Å². The number of ether oxygens (including phenoxy) is 1. The molecule has 0 aliphatic carbocycles. The maximum atomic E-state index is 14.1. The first kappa shape index (κ1) is 32.6. The second kappa shape index (κ2) is 15.9. The minimum Gasteiger partial charge on any atom is -0.508 e. The standard InChI is InChI=1S/C31H45N3O6/c1-6-8-9-18-32-28(37)27(24-14-10-22(7-2)11-15-24)34(19-20-35)29(38)26(33-30(39)40-31(3,4)5)21-23-12-16-25(36)17-13-23/h10-17,26-27,35-36H,6-9,18-21H2,1-5H3,(H,32,37)(H,33,39).